The van der Waals surface area contributed by atoms with Crippen molar-refractivity contribution in [3.8, 4) is 0 Å². The zero-order valence-corrected chi connectivity index (χ0v) is 14.0. The third-order valence-electron chi connectivity index (χ3n) is 5.51. The van der Waals surface area contributed by atoms with Gasteiger partial charge in [0.05, 0.1) is 17.0 Å². The molecule has 0 radical (unpaired) electrons. The highest BCUT2D eigenvalue weighted by Crippen LogP contribution is 2.35. The van der Waals surface area contributed by atoms with Crippen molar-refractivity contribution in [2.45, 2.75) is 43.4 Å². The summed E-state index contributed by atoms with van der Waals surface area (Å²) in [5.41, 5.74) is 2.18. The topological polar surface area (TPSA) is 57.7 Å². The molecule has 0 bridgehead atoms. The van der Waals surface area contributed by atoms with Crippen LogP contribution < -0.4 is 4.90 Å². The first-order valence-corrected chi connectivity index (χ1v) is 10.2. The van der Waals surface area contributed by atoms with Gasteiger partial charge in [0.15, 0.2) is 9.84 Å². The van der Waals surface area contributed by atoms with Gasteiger partial charge in [-0.2, -0.15) is 0 Å². The fourth-order valence-corrected chi connectivity index (χ4v) is 6.37. The maximum atomic E-state index is 13.1. The van der Waals surface area contributed by atoms with Crippen molar-refractivity contribution < 1.29 is 13.2 Å². The van der Waals surface area contributed by atoms with Gasteiger partial charge in [-0.1, -0.05) is 31.0 Å². The number of para-hydroxylation sites is 1. The number of carbonyl (C=O) groups is 1. The second-order valence-electron chi connectivity index (χ2n) is 6.76. The van der Waals surface area contributed by atoms with E-state index in [1.165, 1.54) is 5.56 Å². The number of fused-ring (bicyclic) bond motifs is 2. The Kier molecular flexibility index (Phi) is 3.59. The van der Waals surface area contributed by atoms with Crippen LogP contribution in [0.4, 0.5) is 10.5 Å². The molecule has 2 heterocycles. The fourth-order valence-electron chi connectivity index (χ4n) is 4.32. The van der Waals surface area contributed by atoms with Gasteiger partial charge in [0.2, 0.25) is 0 Å². The van der Waals surface area contributed by atoms with Crippen molar-refractivity contribution in [2.75, 3.05) is 23.7 Å². The average Bonchev–Trinajstić information content (AvgIpc) is 2.99. The highest BCUT2D eigenvalue weighted by molar-refractivity contribution is 7.92. The number of hydrogen-bond donors (Lipinski definition) is 0. The van der Waals surface area contributed by atoms with Crippen molar-refractivity contribution in [3.63, 3.8) is 0 Å². The Morgan fingerprint density at radius 1 is 1.09 bits per heavy atom. The van der Waals surface area contributed by atoms with Crippen LogP contribution in [0.2, 0.25) is 0 Å². The monoisotopic (exact) mass is 334 g/mol. The molecule has 0 spiro atoms. The largest absolute Gasteiger partial charge is 0.324 e. The molecule has 2 fully saturated rings. The molecule has 2 unspecified atom stereocenters. The van der Waals surface area contributed by atoms with Crippen LogP contribution in [0, 0.1) is 0 Å². The minimum Gasteiger partial charge on any atom is -0.319 e. The Bertz CT molecular complexity index is 731. The molecule has 23 heavy (non-hydrogen) atoms. The van der Waals surface area contributed by atoms with E-state index >= 15 is 0 Å². The Labute approximate surface area is 137 Å². The predicted octanol–water partition coefficient (Wildman–Crippen LogP) is 2.21. The van der Waals surface area contributed by atoms with Crippen LogP contribution in [-0.2, 0) is 16.3 Å². The van der Waals surface area contributed by atoms with Crippen molar-refractivity contribution in [1.29, 1.82) is 0 Å². The lowest BCUT2D eigenvalue weighted by Gasteiger charge is -2.44. The number of amides is 2. The van der Waals surface area contributed by atoms with Gasteiger partial charge < -0.3 is 4.90 Å². The third kappa shape index (κ3) is 2.43. The highest BCUT2D eigenvalue weighted by Gasteiger charge is 2.45. The van der Waals surface area contributed by atoms with Crippen molar-refractivity contribution in [1.82, 2.24) is 4.90 Å². The molecule has 6 heteroatoms. The molecule has 3 aliphatic rings. The first-order chi connectivity index (χ1) is 11.1. The maximum Gasteiger partial charge on any atom is 0.324 e. The maximum absolute atomic E-state index is 13.1. The van der Waals surface area contributed by atoms with E-state index in [4.69, 9.17) is 0 Å². The first-order valence-electron chi connectivity index (χ1n) is 8.45. The molecule has 1 saturated carbocycles. The number of nitrogens with zero attached hydrogens (tertiary/aromatic N) is 2. The summed E-state index contributed by atoms with van der Waals surface area (Å²) < 4.78 is 24.7. The minimum absolute atomic E-state index is 0.0123. The van der Waals surface area contributed by atoms with E-state index in [0.717, 1.165) is 31.4 Å². The molecular formula is C17H22N2O3S. The summed E-state index contributed by atoms with van der Waals surface area (Å²) in [5, 5.41) is -0.355. The number of anilines is 1. The molecule has 2 aliphatic heterocycles. The normalized spacial score (nSPS) is 29.0. The summed E-state index contributed by atoms with van der Waals surface area (Å²) in [5.74, 6) is 0.107. The van der Waals surface area contributed by atoms with E-state index in [9.17, 15) is 13.2 Å². The van der Waals surface area contributed by atoms with Crippen molar-refractivity contribution in [2.24, 2.45) is 0 Å². The zero-order chi connectivity index (χ0) is 16.0. The second-order valence-corrected chi connectivity index (χ2v) is 9.10. The summed E-state index contributed by atoms with van der Waals surface area (Å²) in [4.78, 5) is 16.8. The molecule has 124 valence electrons. The molecular weight excluding hydrogens is 312 g/mol. The van der Waals surface area contributed by atoms with E-state index in [-0.39, 0.29) is 23.1 Å². The van der Waals surface area contributed by atoms with Gasteiger partial charge in [0.1, 0.15) is 0 Å². The summed E-state index contributed by atoms with van der Waals surface area (Å²) in [6, 6.07) is 7.85. The van der Waals surface area contributed by atoms with Crippen LogP contribution in [-0.4, -0.2) is 49.5 Å². The smallest absolute Gasteiger partial charge is 0.319 e. The Hall–Kier alpha value is -1.56. The lowest BCUT2D eigenvalue weighted by Crippen LogP contribution is -2.60. The Morgan fingerprint density at radius 2 is 1.87 bits per heavy atom. The van der Waals surface area contributed by atoms with E-state index in [1.807, 2.05) is 28.0 Å². The Balaban J connectivity index is 1.62. The fraction of sp³-hybridized carbons (Fsp3) is 0.588. The lowest BCUT2D eigenvalue weighted by molar-refractivity contribution is 0.162. The highest BCUT2D eigenvalue weighted by atomic mass is 32.2. The second kappa shape index (κ2) is 5.51. The van der Waals surface area contributed by atoms with Gasteiger partial charge >= 0.3 is 6.03 Å². The quantitative estimate of drug-likeness (QED) is 0.731. The number of sulfone groups is 1. The van der Waals surface area contributed by atoms with Gasteiger partial charge in [0.25, 0.3) is 0 Å². The van der Waals surface area contributed by atoms with Crippen molar-refractivity contribution in [3.05, 3.63) is 29.8 Å². The van der Waals surface area contributed by atoms with Crippen LogP contribution in [0.1, 0.15) is 31.2 Å². The molecule has 2 amide bonds. The molecule has 5 nitrogen and oxygen atoms in total. The number of carbonyl (C=O) groups excluding carboxylic acids is 1. The summed E-state index contributed by atoms with van der Waals surface area (Å²) in [7, 11) is -3.05. The molecule has 1 saturated heterocycles. The lowest BCUT2D eigenvalue weighted by atomic mass is 9.93. The molecule has 1 aromatic rings. The van der Waals surface area contributed by atoms with E-state index in [2.05, 4.69) is 6.07 Å². The SMILES string of the molecule is O=C(N1CCc2ccccc21)N1CCS(=O)(=O)C2CCCCC21. The molecule has 0 N–H and O–H groups in total. The average molecular weight is 334 g/mol. The first kappa shape index (κ1) is 15.0. The number of urea groups is 1. The van der Waals surface area contributed by atoms with E-state index < -0.39 is 9.84 Å². The van der Waals surface area contributed by atoms with Gasteiger partial charge in [-0.15, -0.1) is 0 Å². The predicted molar refractivity (Wildman–Crippen MR) is 89.4 cm³/mol. The van der Waals surface area contributed by atoms with Gasteiger partial charge in [-0.3, -0.25) is 4.90 Å². The number of hydrogen-bond acceptors (Lipinski definition) is 3. The van der Waals surface area contributed by atoms with Gasteiger partial charge in [-0.05, 0) is 30.9 Å². The molecule has 4 rings (SSSR count). The van der Waals surface area contributed by atoms with Crippen LogP contribution in [0.15, 0.2) is 24.3 Å². The molecule has 1 aromatic carbocycles. The molecule has 1 aliphatic carbocycles. The molecule has 2 atom stereocenters. The van der Waals surface area contributed by atoms with E-state index in [0.29, 0.717) is 19.5 Å². The van der Waals surface area contributed by atoms with Crippen LogP contribution in [0.5, 0.6) is 0 Å². The Morgan fingerprint density at radius 3 is 2.74 bits per heavy atom. The zero-order valence-electron chi connectivity index (χ0n) is 13.1. The third-order valence-corrected chi connectivity index (χ3v) is 7.73. The van der Waals surface area contributed by atoms with Crippen LogP contribution in [0.3, 0.4) is 0 Å². The van der Waals surface area contributed by atoms with E-state index in [1.54, 1.807) is 0 Å². The van der Waals surface area contributed by atoms with Crippen molar-refractivity contribution >= 4 is 21.6 Å². The summed E-state index contributed by atoms with van der Waals surface area (Å²) >= 11 is 0. The molecule has 0 aromatic heterocycles. The summed E-state index contributed by atoms with van der Waals surface area (Å²) in [6.07, 6.45) is 4.35. The minimum atomic E-state index is -3.05. The van der Waals surface area contributed by atoms with Crippen LogP contribution in [0.25, 0.3) is 0 Å². The standard InChI is InChI=1S/C17H22N2O3S/c20-17(18-10-9-13-5-1-2-6-14(13)18)19-11-12-23(21,22)16-8-4-3-7-15(16)19/h1-2,5-6,15-16H,3-4,7-12H2. The van der Waals surface area contributed by atoms with Gasteiger partial charge in [-0.25, -0.2) is 13.2 Å². The summed E-state index contributed by atoms with van der Waals surface area (Å²) in [6.45, 7) is 1.03. The van der Waals surface area contributed by atoms with Gasteiger partial charge in [0, 0.05) is 18.8 Å². The van der Waals surface area contributed by atoms with Crippen LogP contribution >= 0.6 is 0 Å². The number of benzene rings is 1. The number of rotatable bonds is 0.